The molecule has 1 aromatic carbocycles. The normalized spacial score (nSPS) is 14.6. The Kier molecular flexibility index (Phi) is 4.59. The monoisotopic (exact) mass is 279 g/mol. The summed E-state index contributed by atoms with van der Waals surface area (Å²) in [5.74, 6) is 0.601. The summed E-state index contributed by atoms with van der Waals surface area (Å²) >= 11 is 0. The zero-order chi connectivity index (χ0) is 14.7. The van der Waals surface area contributed by atoms with Crippen molar-refractivity contribution in [1.82, 2.24) is 9.55 Å². The third kappa shape index (κ3) is 2.92. The first-order chi connectivity index (χ1) is 9.56. The van der Waals surface area contributed by atoms with Crippen LogP contribution in [0.25, 0.3) is 11.0 Å². The minimum absolute atomic E-state index is 0.104. The lowest BCUT2D eigenvalue weighted by Crippen LogP contribution is -2.25. The maximum Gasteiger partial charge on any atom is 0.138 e. The molecule has 0 aliphatic heterocycles. The molecule has 1 aromatic heterocycles. The fraction of sp³-hybridized carbons (Fsp3) is 0.500. The van der Waals surface area contributed by atoms with Gasteiger partial charge in [-0.2, -0.15) is 0 Å². The van der Waals surface area contributed by atoms with Gasteiger partial charge in [-0.3, -0.25) is 0 Å². The van der Waals surface area contributed by atoms with Gasteiger partial charge in [-0.05, 0) is 25.1 Å². The second-order valence-corrected chi connectivity index (χ2v) is 4.82. The average molecular weight is 279 g/mol. The summed E-state index contributed by atoms with van der Waals surface area (Å²) in [5, 5.41) is 9.90. The molecule has 6 nitrogen and oxygen atoms in total. The van der Waals surface area contributed by atoms with E-state index in [1.165, 1.54) is 0 Å². The quantitative estimate of drug-likeness (QED) is 0.780. The number of methoxy groups -OCH3 is 2. The molecule has 1 heterocycles. The Morgan fingerprint density at radius 3 is 2.75 bits per heavy atom. The highest BCUT2D eigenvalue weighted by atomic mass is 16.5. The zero-order valence-electron chi connectivity index (χ0n) is 12.0. The van der Waals surface area contributed by atoms with Crippen LogP contribution in [0.5, 0.6) is 0 Å². The molecular weight excluding hydrogens is 258 g/mol. The fourth-order valence-corrected chi connectivity index (χ4v) is 2.26. The summed E-state index contributed by atoms with van der Waals surface area (Å²) in [5.41, 5.74) is 8.13. The zero-order valence-corrected chi connectivity index (χ0v) is 12.0. The molecule has 0 saturated carbocycles. The number of fused-ring (bicyclic) bond motifs is 1. The summed E-state index contributed by atoms with van der Waals surface area (Å²) in [4.78, 5) is 4.46. The molecule has 0 saturated heterocycles. The Balaban J connectivity index is 2.45. The number of aromatic nitrogens is 2. The number of imidazole rings is 1. The van der Waals surface area contributed by atoms with Gasteiger partial charge in [0.25, 0.3) is 0 Å². The predicted molar refractivity (Wildman–Crippen MR) is 77.5 cm³/mol. The number of ether oxygens (including phenoxy) is 2. The van der Waals surface area contributed by atoms with E-state index in [9.17, 15) is 5.11 Å². The maximum atomic E-state index is 9.90. The summed E-state index contributed by atoms with van der Waals surface area (Å²) < 4.78 is 12.5. The van der Waals surface area contributed by atoms with E-state index in [0.29, 0.717) is 24.7 Å². The number of hydrogen-bond donors (Lipinski definition) is 2. The van der Waals surface area contributed by atoms with Crippen LogP contribution in [0.1, 0.15) is 18.9 Å². The first-order valence-corrected chi connectivity index (χ1v) is 6.52. The first-order valence-electron chi connectivity index (χ1n) is 6.52. The number of nitrogen functional groups attached to an aromatic ring is 1. The van der Waals surface area contributed by atoms with Gasteiger partial charge in [0.15, 0.2) is 0 Å². The standard InChI is InChI=1S/C14H21N3O3/c1-9(18)14-16-12-6-10(15)4-5-13(12)17(14)7-11(20-3)8-19-2/h4-6,9,11,18H,7-8,15H2,1-3H3. The molecule has 0 spiro atoms. The lowest BCUT2D eigenvalue weighted by molar-refractivity contribution is 0.0174. The molecule has 3 N–H and O–H groups in total. The summed E-state index contributed by atoms with van der Waals surface area (Å²) in [6, 6.07) is 5.53. The van der Waals surface area contributed by atoms with Gasteiger partial charge in [0.1, 0.15) is 11.9 Å². The number of hydrogen-bond acceptors (Lipinski definition) is 5. The minimum Gasteiger partial charge on any atom is -0.399 e. The second kappa shape index (κ2) is 6.21. The fourth-order valence-electron chi connectivity index (χ4n) is 2.26. The van der Waals surface area contributed by atoms with Crippen molar-refractivity contribution >= 4 is 16.7 Å². The highest BCUT2D eigenvalue weighted by Gasteiger charge is 2.18. The molecule has 2 rings (SSSR count). The third-order valence-electron chi connectivity index (χ3n) is 3.25. The Morgan fingerprint density at radius 2 is 2.15 bits per heavy atom. The van der Waals surface area contributed by atoms with Crippen LogP contribution in [0.2, 0.25) is 0 Å². The number of nitrogens with zero attached hydrogens (tertiary/aromatic N) is 2. The highest BCUT2D eigenvalue weighted by molar-refractivity contribution is 5.79. The van der Waals surface area contributed by atoms with Crippen molar-refractivity contribution in [3.05, 3.63) is 24.0 Å². The van der Waals surface area contributed by atoms with E-state index < -0.39 is 6.10 Å². The van der Waals surface area contributed by atoms with Crippen molar-refractivity contribution in [2.75, 3.05) is 26.6 Å². The molecule has 2 atom stereocenters. The van der Waals surface area contributed by atoms with Crippen molar-refractivity contribution in [2.45, 2.75) is 25.7 Å². The number of rotatable bonds is 6. The van der Waals surface area contributed by atoms with E-state index in [1.807, 2.05) is 16.7 Å². The second-order valence-electron chi connectivity index (χ2n) is 4.82. The molecule has 2 unspecified atom stereocenters. The van der Waals surface area contributed by atoms with Gasteiger partial charge in [0.05, 0.1) is 30.3 Å². The minimum atomic E-state index is -0.663. The van der Waals surface area contributed by atoms with Crippen LogP contribution in [0, 0.1) is 0 Å². The van der Waals surface area contributed by atoms with Gasteiger partial charge in [0, 0.05) is 19.9 Å². The molecule has 0 amide bonds. The molecular formula is C14H21N3O3. The van der Waals surface area contributed by atoms with Gasteiger partial charge in [-0.15, -0.1) is 0 Å². The molecule has 110 valence electrons. The van der Waals surface area contributed by atoms with Gasteiger partial charge in [-0.1, -0.05) is 0 Å². The Hall–Kier alpha value is -1.63. The average Bonchev–Trinajstić information content (AvgIpc) is 2.76. The van der Waals surface area contributed by atoms with Crippen LogP contribution in [0.15, 0.2) is 18.2 Å². The van der Waals surface area contributed by atoms with E-state index >= 15 is 0 Å². The van der Waals surface area contributed by atoms with Gasteiger partial charge in [0.2, 0.25) is 0 Å². The SMILES string of the molecule is COCC(Cn1c(C(C)O)nc2cc(N)ccc21)OC. The topological polar surface area (TPSA) is 82.5 Å². The smallest absolute Gasteiger partial charge is 0.138 e. The van der Waals surface area contributed by atoms with Crippen molar-refractivity contribution in [3.8, 4) is 0 Å². The molecule has 0 fully saturated rings. The van der Waals surface area contributed by atoms with Crippen LogP contribution in [-0.2, 0) is 16.0 Å². The van der Waals surface area contributed by atoms with Crippen molar-refractivity contribution in [2.24, 2.45) is 0 Å². The Bertz CT molecular complexity index is 580. The molecule has 6 heteroatoms. The van der Waals surface area contributed by atoms with Crippen molar-refractivity contribution < 1.29 is 14.6 Å². The van der Waals surface area contributed by atoms with E-state index in [2.05, 4.69) is 4.98 Å². The third-order valence-corrected chi connectivity index (χ3v) is 3.25. The summed E-state index contributed by atoms with van der Waals surface area (Å²) in [7, 11) is 3.27. The van der Waals surface area contributed by atoms with E-state index in [4.69, 9.17) is 15.2 Å². The van der Waals surface area contributed by atoms with Crippen LogP contribution < -0.4 is 5.73 Å². The van der Waals surface area contributed by atoms with E-state index in [1.54, 1.807) is 27.2 Å². The first kappa shape index (κ1) is 14.8. The molecule has 0 aliphatic rings. The Morgan fingerprint density at radius 1 is 1.40 bits per heavy atom. The number of anilines is 1. The van der Waals surface area contributed by atoms with Crippen LogP contribution >= 0.6 is 0 Å². The summed E-state index contributed by atoms with van der Waals surface area (Å²) in [6.45, 7) is 2.73. The lowest BCUT2D eigenvalue weighted by atomic mass is 10.2. The number of aliphatic hydroxyl groups excluding tert-OH is 1. The number of aliphatic hydroxyl groups is 1. The largest absolute Gasteiger partial charge is 0.399 e. The van der Waals surface area contributed by atoms with Crippen LogP contribution in [0.4, 0.5) is 5.69 Å². The molecule has 0 bridgehead atoms. The Labute approximate surface area is 118 Å². The number of nitrogens with two attached hydrogens (primary N) is 1. The molecule has 20 heavy (non-hydrogen) atoms. The highest BCUT2D eigenvalue weighted by Crippen LogP contribution is 2.23. The molecule has 0 aliphatic carbocycles. The lowest BCUT2D eigenvalue weighted by Gasteiger charge is -2.18. The molecule has 2 aromatic rings. The van der Waals surface area contributed by atoms with Gasteiger partial charge < -0.3 is 24.9 Å². The maximum absolute atomic E-state index is 9.90. The van der Waals surface area contributed by atoms with E-state index in [0.717, 1.165) is 11.0 Å². The predicted octanol–water partition coefficient (Wildman–Crippen LogP) is 1.33. The molecule has 0 radical (unpaired) electrons. The van der Waals surface area contributed by atoms with Crippen molar-refractivity contribution in [3.63, 3.8) is 0 Å². The van der Waals surface area contributed by atoms with Gasteiger partial charge >= 0.3 is 0 Å². The number of benzene rings is 1. The van der Waals surface area contributed by atoms with Crippen LogP contribution in [0.3, 0.4) is 0 Å². The summed E-state index contributed by atoms with van der Waals surface area (Å²) in [6.07, 6.45) is -0.767. The van der Waals surface area contributed by atoms with Gasteiger partial charge in [-0.25, -0.2) is 4.98 Å². The van der Waals surface area contributed by atoms with E-state index in [-0.39, 0.29) is 6.10 Å². The van der Waals surface area contributed by atoms with Crippen molar-refractivity contribution in [1.29, 1.82) is 0 Å². The van der Waals surface area contributed by atoms with Crippen LogP contribution in [-0.4, -0.2) is 41.6 Å².